The van der Waals surface area contributed by atoms with Gasteiger partial charge in [-0.1, -0.05) is 0 Å². The molecule has 1 fully saturated rings. The Labute approximate surface area is 200 Å². The van der Waals surface area contributed by atoms with Crippen molar-refractivity contribution in [2.75, 3.05) is 68.4 Å². The summed E-state index contributed by atoms with van der Waals surface area (Å²) in [6.45, 7) is 5.85. The first-order chi connectivity index (χ1) is 16.7. The van der Waals surface area contributed by atoms with Gasteiger partial charge in [0.15, 0.2) is 0 Å². The van der Waals surface area contributed by atoms with Gasteiger partial charge in [0.25, 0.3) is 6.01 Å². The first-order valence-electron chi connectivity index (χ1n) is 11.2. The normalized spacial score (nSPS) is 17.0. The molecule has 2 aromatic heterocycles. The van der Waals surface area contributed by atoms with Crippen LogP contribution in [0.4, 0.5) is 41.6 Å². The summed E-state index contributed by atoms with van der Waals surface area (Å²) >= 11 is 0. The SMILES string of the molecule is Cc1nc(N2CCN(C)CC2)oc1Nc1ncc(C(F)(F)F)c(NCCCN2CC=COC2=O)n1. The van der Waals surface area contributed by atoms with Crippen LogP contribution in [0, 0.1) is 6.92 Å². The molecule has 0 aromatic carbocycles. The van der Waals surface area contributed by atoms with Gasteiger partial charge < -0.3 is 29.2 Å². The van der Waals surface area contributed by atoms with Crippen LogP contribution in [0.15, 0.2) is 23.0 Å². The predicted octanol–water partition coefficient (Wildman–Crippen LogP) is 3.06. The number of hydrogen-bond acceptors (Lipinski definition) is 10. The van der Waals surface area contributed by atoms with Crippen LogP contribution in [-0.2, 0) is 10.9 Å². The Morgan fingerprint density at radius 3 is 2.66 bits per heavy atom. The molecule has 0 aliphatic carbocycles. The van der Waals surface area contributed by atoms with E-state index in [0.29, 0.717) is 31.2 Å². The number of cyclic esters (lactones) is 1. The van der Waals surface area contributed by atoms with Gasteiger partial charge >= 0.3 is 12.3 Å². The van der Waals surface area contributed by atoms with Gasteiger partial charge in [-0.2, -0.15) is 23.1 Å². The number of nitrogens with zero attached hydrogens (tertiary/aromatic N) is 6. The number of anilines is 4. The van der Waals surface area contributed by atoms with Crippen LogP contribution in [0.5, 0.6) is 0 Å². The lowest BCUT2D eigenvalue weighted by molar-refractivity contribution is -0.137. The molecule has 35 heavy (non-hydrogen) atoms. The van der Waals surface area contributed by atoms with Crippen molar-refractivity contribution in [1.29, 1.82) is 0 Å². The molecule has 4 rings (SSSR count). The number of carbonyl (C=O) groups is 1. The quantitative estimate of drug-likeness (QED) is 0.529. The van der Waals surface area contributed by atoms with Crippen molar-refractivity contribution in [2.45, 2.75) is 19.5 Å². The van der Waals surface area contributed by atoms with E-state index in [-0.39, 0.29) is 24.2 Å². The van der Waals surface area contributed by atoms with E-state index in [2.05, 4.69) is 30.5 Å². The number of nitrogens with one attached hydrogen (secondary N) is 2. The zero-order chi connectivity index (χ0) is 25.0. The molecule has 0 saturated carbocycles. The minimum atomic E-state index is -4.64. The summed E-state index contributed by atoms with van der Waals surface area (Å²) in [5.41, 5.74) is -0.449. The summed E-state index contributed by atoms with van der Waals surface area (Å²) in [6.07, 6.45) is -1.03. The molecule has 1 saturated heterocycles. The Morgan fingerprint density at radius 2 is 1.94 bits per heavy atom. The molecule has 4 heterocycles. The van der Waals surface area contributed by atoms with Crippen LogP contribution in [0.3, 0.4) is 0 Å². The molecule has 0 bridgehead atoms. The molecule has 2 aromatic rings. The Kier molecular flexibility index (Phi) is 7.28. The van der Waals surface area contributed by atoms with Gasteiger partial charge in [-0.25, -0.2) is 9.78 Å². The summed E-state index contributed by atoms with van der Waals surface area (Å²) < 4.78 is 51.1. The summed E-state index contributed by atoms with van der Waals surface area (Å²) in [7, 11) is 2.04. The highest BCUT2D eigenvalue weighted by Gasteiger charge is 2.35. The highest BCUT2D eigenvalue weighted by atomic mass is 19.4. The number of aromatic nitrogens is 3. The molecular formula is C21H27F3N8O3. The second-order valence-electron chi connectivity index (χ2n) is 8.26. The van der Waals surface area contributed by atoms with E-state index in [1.165, 1.54) is 11.2 Å². The molecule has 0 radical (unpaired) electrons. The Bertz CT molecular complexity index is 1070. The van der Waals surface area contributed by atoms with Crippen molar-refractivity contribution in [3.8, 4) is 0 Å². The monoisotopic (exact) mass is 496 g/mol. The van der Waals surface area contributed by atoms with Crippen molar-refractivity contribution in [1.82, 2.24) is 24.8 Å². The third-order valence-corrected chi connectivity index (χ3v) is 5.62. The molecule has 0 spiro atoms. The average molecular weight is 496 g/mol. The van der Waals surface area contributed by atoms with Gasteiger partial charge in [0, 0.05) is 52.0 Å². The number of oxazole rings is 1. The van der Waals surface area contributed by atoms with E-state index in [9.17, 15) is 18.0 Å². The van der Waals surface area contributed by atoms with Gasteiger partial charge in [0.05, 0.1) is 6.26 Å². The molecule has 2 aliphatic rings. The van der Waals surface area contributed by atoms with E-state index < -0.39 is 17.8 Å². The fraction of sp³-hybridized carbons (Fsp3) is 0.524. The summed E-state index contributed by atoms with van der Waals surface area (Å²) in [5.74, 6) is -0.164. The Morgan fingerprint density at radius 1 is 1.17 bits per heavy atom. The van der Waals surface area contributed by atoms with Gasteiger partial charge in [0.2, 0.25) is 11.8 Å². The molecular weight excluding hydrogens is 469 g/mol. The lowest BCUT2D eigenvalue weighted by Crippen LogP contribution is -2.44. The number of halogens is 3. The number of ether oxygens (including phenoxy) is 1. The number of likely N-dealkylation sites (N-methyl/N-ethyl adjacent to an activating group) is 1. The number of rotatable bonds is 8. The third kappa shape index (κ3) is 6.12. The van der Waals surface area contributed by atoms with Crippen LogP contribution in [0.25, 0.3) is 0 Å². The first-order valence-corrected chi connectivity index (χ1v) is 11.2. The molecule has 0 unspecified atom stereocenters. The molecule has 2 N–H and O–H groups in total. The average Bonchev–Trinajstić information content (AvgIpc) is 3.17. The minimum Gasteiger partial charge on any atom is -0.418 e. The molecule has 0 atom stereocenters. The number of piperazine rings is 1. The van der Waals surface area contributed by atoms with Crippen molar-refractivity contribution in [3.05, 3.63) is 29.8 Å². The van der Waals surface area contributed by atoms with Crippen molar-refractivity contribution in [2.24, 2.45) is 0 Å². The molecule has 14 heteroatoms. The van der Waals surface area contributed by atoms with Crippen LogP contribution in [0.2, 0.25) is 0 Å². The number of hydrogen-bond donors (Lipinski definition) is 2. The molecule has 190 valence electrons. The summed E-state index contributed by atoms with van der Waals surface area (Å²) in [6, 6.07) is 0.439. The van der Waals surface area contributed by atoms with E-state index in [1.807, 2.05) is 11.9 Å². The summed E-state index contributed by atoms with van der Waals surface area (Å²) in [4.78, 5) is 29.6. The number of carbonyl (C=O) groups excluding carboxylic acids is 1. The Hall–Kier alpha value is -3.55. The van der Waals surface area contributed by atoms with E-state index >= 15 is 0 Å². The maximum absolute atomic E-state index is 13.5. The van der Waals surface area contributed by atoms with Crippen LogP contribution >= 0.6 is 0 Å². The smallest absolute Gasteiger partial charge is 0.418 e. The topological polar surface area (TPSA) is 112 Å². The highest BCUT2D eigenvalue weighted by Crippen LogP contribution is 2.34. The Balaban J connectivity index is 1.43. The lowest BCUT2D eigenvalue weighted by atomic mass is 10.3. The zero-order valence-corrected chi connectivity index (χ0v) is 19.4. The highest BCUT2D eigenvalue weighted by molar-refractivity contribution is 5.69. The maximum Gasteiger partial charge on any atom is 0.421 e. The van der Waals surface area contributed by atoms with Gasteiger partial charge in [-0.3, -0.25) is 5.32 Å². The number of alkyl halides is 3. The molecule has 1 amide bonds. The fourth-order valence-corrected chi connectivity index (χ4v) is 3.60. The largest absolute Gasteiger partial charge is 0.421 e. The van der Waals surface area contributed by atoms with Gasteiger partial charge in [0.1, 0.15) is 17.1 Å². The third-order valence-electron chi connectivity index (χ3n) is 5.62. The van der Waals surface area contributed by atoms with Crippen LogP contribution < -0.4 is 15.5 Å². The predicted molar refractivity (Wildman–Crippen MR) is 122 cm³/mol. The fourth-order valence-electron chi connectivity index (χ4n) is 3.60. The number of aryl methyl sites for hydroxylation is 1. The molecule has 2 aliphatic heterocycles. The second kappa shape index (κ2) is 10.4. The second-order valence-corrected chi connectivity index (χ2v) is 8.26. The maximum atomic E-state index is 13.5. The van der Waals surface area contributed by atoms with E-state index in [4.69, 9.17) is 9.15 Å². The van der Waals surface area contributed by atoms with Crippen molar-refractivity contribution < 1.29 is 27.1 Å². The van der Waals surface area contributed by atoms with Crippen molar-refractivity contribution in [3.63, 3.8) is 0 Å². The minimum absolute atomic E-state index is 0.0607. The first kappa shape index (κ1) is 24.6. The van der Waals surface area contributed by atoms with E-state index in [0.717, 1.165) is 32.4 Å². The van der Waals surface area contributed by atoms with Gasteiger partial charge in [-0.05, 0) is 26.5 Å². The molecule has 11 nitrogen and oxygen atoms in total. The van der Waals surface area contributed by atoms with Gasteiger partial charge in [-0.15, -0.1) is 0 Å². The summed E-state index contributed by atoms with van der Waals surface area (Å²) in [5, 5.41) is 5.54. The van der Waals surface area contributed by atoms with E-state index in [1.54, 1.807) is 13.0 Å². The zero-order valence-electron chi connectivity index (χ0n) is 19.4. The van der Waals surface area contributed by atoms with Crippen molar-refractivity contribution >= 4 is 29.8 Å². The number of amides is 1. The van der Waals surface area contributed by atoms with Crippen LogP contribution in [0.1, 0.15) is 17.7 Å². The lowest BCUT2D eigenvalue weighted by Gasteiger charge is -2.31. The van der Waals surface area contributed by atoms with Crippen LogP contribution in [-0.4, -0.2) is 83.7 Å². The standard InChI is InChI=1S/C21H27F3N8O3/c1-14-17(35-19(27-14)31-10-8-30(2)9-11-31)29-18-26-13-15(21(22,23)24)16(28-18)25-5-3-6-32-7-4-12-34-20(32)33/h4,12-13H,3,5-11H2,1-2H3,(H2,25,26,28,29).